The normalized spacial score (nSPS) is 20.9. The van der Waals surface area contributed by atoms with Gasteiger partial charge >= 0.3 is 0 Å². The predicted octanol–water partition coefficient (Wildman–Crippen LogP) is 2.37. The molecule has 2 aromatic rings. The highest BCUT2D eigenvalue weighted by Crippen LogP contribution is 2.31. The van der Waals surface area contributed by atoms with Gasteiger partial charge in [-0.3, -0.25) is 4.98 Å². The average Bonchev–Trinajstić information content (AvgIpc) is 2.72. The zero-order valence-electron chi connectivity index (χ0n) is 12.3. The molecule has 1 saturated heterocycles. The first-order valence-electron chi connectivity index (χ1n) is 7.26. The molecule has 1 aliphatic heterocycles. The molecule has 5 nitrogen and oxygen atoms in total. The first kappa shape index (κ1) is 15.9. The molecule has 0 amide bonds. The van der Waals surface area contributed by atoms with E-state index in [0.29, 0.717) is 27.8 Å². The summed E-state index contributed by atoms with van der Waals surface area (Å²) < 4.78 is 28.7. The lowest BCUT2D eigenvalue weighted by molar-refractivity contribution is 0.354. The van der Waals surface area contributed by atoms with Crippen LogP contribution in [0.4, 0.5) is 0 Å². The highest BCUT2D eigenvalue weighted by molar-refractivity contribution is 9.10. The Balaban J connectivity index is 2.17. The average molecular weight is 384 g/mol. The molecule has 1 aromatic heterocycles. The third kappa shape index (κ3) is 2.78. The van der Waals surface area contributed by atoms with E-state index < -0.39 is 10.0 Å². The fourth-order valence-electron chi connectivity index (χ4n) is 2.85. The van der Waals surface area contributed by atoms with Crippen molar-refractivity contribution in [2.45, 2.75) is 24.3 Å². The SMILES string of the molecule is CC1CNCCCN1S(=O)(=O)c1cccc2cncc(Br)c12. The molecule has 1 unspecified atom stereocenters. The number of pyridine rings is 1. The van der Waals surface area contributed by atoms with Gasteiger partial charge in [-0.2, -0.15) is 4.31 Å². The first-order valence-corrected chi connectivity index (χ1v) is 9.50. The summed E-state index contributed by atoms with van der Waals surface area (Å²) in [5.74, 6) is 0. The van der Waals surface area contributed by atoms with Crippen molar-refractivity contribution in [2.75, 3.05) is 19.6 Å². The van der Waals surface area contributed by atoms with E-state index in [2.05, 4.69) is 26.2 Å². The molecule has 1 aromatic carbocycles. The van der Waals surface area contributed by atoms with E-state index in [1.54, 1.807) is 28.8 Å². The van der Waals surface area contributed by atoms with Crippen LogP contribution in [-0.4, -0.2) is 43.4 Å². The molecular weight excluding hydrogens is 366 g/mol. The number of aromatic nitrogens is 1. The van der Waals surface area contributed by atoms with Crippen LogP contribution >= 0.6 is 15.9 Å². The quantitative estimate of drug-likeness (QED) is 0.864. The fraction of sp³-hybridized carbons (Fsp3) is 0.400. The van der Waals surface area contributed by atoms with Gasteiger partial charge in [0.25, 0.3) is 0 Å². The van der Waals surface area contributed by atoms with E-state index in [4.69, 9.17) is 0 Å². The highest BCUT2D eigenvalue weighted by Gasteiger charge is 2.31. The molecule has 1 aliphatic rings. The molecule has 0 bridgehead atoms. The van der Waals surface area contributed by atoms with Crippen molar-refractivity contribution in [2.24, 2.45) is 0 Å². The second-order valence-corrected chi connectivity index (χ2v) is 8.21. The van der Waals surface area contributed by atoms with E-state index in [1.807, 2.05) is 13.0 Å². The van der Waals surface area contributed by atoms with Gasteiger partial charge in [-0.1, -0.05) is 12.1 Å². The van der Waals surface area contributed by atoms with Crippen LogP contribution in [0, 0.1) is 0 Å². The highest BCUT2D eigenvalue weighted by atomic mass is 79.9. The second kappa shape index (κ2) is 6.23. The minimum absolute atomic E-state index is 0.0663. The molecule has 0 aliphatic carbocycles. The van der Waals surface area contributed by atoms with E-state index in [0.717, 1.165) is 18.4 Å². The minimum Gasteiger partial charge on any atom is -0.315 e. The summed E-state index contributed by atoms with van der Waals surface area (Å²) in [5.41, 5.74) is 0. The zero-order valence-corrected chi connectivity index (χ0v) is 14.7. The van der Waals surface area contributed by atoms with Crippen LogP contribution in [0.2, 0.25) is 0 Å². The molecule has 1 N–H and O–H groups in total. The molecule has 0 spiro atoms. The fourth-order valence-corrected chi connectivity index (χ4v) is 5.45. The van der Waals surface area contributed by atoms with Gasteiger partial charge in [0, 0.05) is 46.8 Å². The van der Waals surface area contributed by atoms with E-state index in [1.165, 1.54) is 0 Å². The molecule has 1 atom stereocenters. The number of hydrogen-bond donors (Lipinski definition) is 1. The number of nitrogens with one attached hydrogen (secondary N) is 1. The smallest absolute Gasteiger partial charge is 0.244 e. The maximum Gasteiger partial charge on any atom is 0.244 e. The van der Waals surface area contributed by atoms with Gasteiger partial charge < -0.3 is 5.32 Å². The standard InChI is InChI=1S/C15H18BrN3O2S/c1-11-8-17-6-3-7-19(11)22(20,21)14-5-2-4-12-9-18-10-13(16)15(12)14/h2,4-5,9-11,17H,3,6-8H2,1H3. The van der Waals surface area contributed by atoms with Gasteiger partial charge in [-0.25, -0.2) is 8.42 Å². The van der Waals surface area contributed by atoms with Gasteiger partial charge in [0.1, 0.15) is 0 Å². The van der Waals surface area contributed by atoms with E-state index >= 15 is 0 Å². The van der Waals surface area contributed by atoms with Crippen molar-refractivity contribution in [3.05, 3.63) is 35.1 Å². The van der Waals surface area contributed by atoms with Crippen molar-refractivity contribution in [3.8, 4) is 0 Å². The summed E-state index contributed by atoms with van der Waals surface area (Å²) >= 11 is 3.44. The zero-order chi connectivity index (χ0) is 15.7. The molecule has 7 heteroatoms. The van der Waals surface area contributed by atoms with Crippen molar-refractivity contribution in [3.63, 3.8) is 0 Å². The van der Waals surface area contributed by atoms with Gasteiger partial charge in [-0.15, -0.1) is 0 Å². The summed E-state index contributed by atoms with van der Waals surface area (Å²) in [5, 5.41) is 4.79. The number of nitrogens with zero attached hydrogens (tertiary/aromatic N) is 2. The maximum atomic E-state index is 13.2. The number of halogens is 1. The van der Waals surface area contributed by atoms with Crippen molar-refractivity contribution in [1.82, 2.24) is 14.6 Å². The Morgan fingerprint density at radius 1 is 1.36 bits per heavy atom. The van der Waals surface area contributed by atoms with Gasteiger partial charge in [-0.05, 0) is 41.9 Å². The van der Waals surface area contributed by atoms with Gasteiger partial charge in [0.05, 0.1) is 4.90 Å². The van der Waals surface area contributed by atoms with Crippen molar-refractivity contribution in [1.29, 1.82) is 0 Å². The molecule has 2 heterocycles. The largest absolute Gasteiger partial charge is 0.315 e. The Labute approximate surface area is 138 Å². The molecule has 3 rings (SSSR count). The van der Waals surface area contributed by atoms with Crippen LogP contribution in [0.3, 0.4) is 0 Å². The third-order valence-corrected chi connectivity index (χ3v) is 6.61. The Kier molecular flexibility index (Phi) is 4.49. The third-order valence-electron chi connectivity index (χ3n) is 3.95. The molecule has 118 valence electrons. The number of hydrogen-bond acceptors (Lipinski definition) is 4. The van der Waals surface area contributed by atoms with Crippen LogP contribution < -0.4 is 5.32 Å². The summed E-state index contributed by atoms with van der Waals surface area (Å²) in [6, 6.07) is 5.25. The Bertz CT molecular complexity index is 789. The summed E-state index contributed by atoms with van der Waals surface area (Å²) in [4.78, 5) is 4.45. The van der Waals surface area contributed by atoms with Crippen molar-refractivity contribution >= 4 is 36.7 Å². The van der Waals surface area contributed by atoms with Gasteiger partial charge in [0.2, 0.25) is 10.0 Å². The number of benzene rings is 1. The predicted molar refractivity (Wildman–Crippen MR) is 90.3 cm³/mol. The van der Waals surface area contributed by atoms with Crippen LogP contribution in [-0.2, 0) is 10.0 Å². The van der Waals surface area contributed by atoms with Crippen molar-refractivity contribution < 1.29 is 8.42 Å². The Morgan fingerprint density at radius 2 is 2.18 bits per heavy atom. The summed E-state index contributed by atoms with van der Waals surface area (Å²) in [7, 11) is -3.55. The summed E-state index contributed by atoms with van der Waals surface area (Å²) in [6.45, 7) is 4.00. The molecule has 22 heavy (non-hydrogen) atoms. The number of rotatable bonds is 2. The lowest BCUT2D eigenvalue weighted by Gasteiger charge is -2.26. The maximum absolute atomic E-state index is 13.2. The number of sulfonamides is 1. The number of fused-ring (bicyclic) bond motifs is 1. The summed E-state index contributed by atoms with van der Waals surface area (Å²) in [6.07, 6.45) is 4.14. The Hall–Kier alpha value is -1.02. The first-order chi connectivity index (χ1) is 10.5. The molecular formula is C15H18BrN3O2S. The molecule has 1 fully saturated rings. The van der Waals surface area contributed by atoms with Crippen LogP contribution in [0.5, 0.6) is 0 Å². The van der Waals surface area contributed by atoms with Gasteiger partial charge in [0.15, 0.2) is 0 Å². The topological polar surface area (TPSA) is 62.3 Å². The van der Waals surface area contributed by atoms with Crippen LogP contribution in [0.25, 0.3) is 10.8 Å². The van der Waals surface area contributed by atoms with E-state index in [-0.39, 0.29) is 6.04 Å². The molecule has 0 saturated carbocycles. The Morgan fingerprint density at radius 3 is 3.00 bits per heavy atom. The lowest BCUT2D eigenvalue weighted by atomic mass is 10.2. The second-order valence-electron chi connectivity index (χ2n) is 5.50. The lowest BCUT2D eigenvalue weighted by Crippen LogP contribution is -2.41. The van der Waals surface area contributed by atoms with Crippen LogP contribution in [0.15, 0.2) is 40.0 Å². The molecule has 0 radical (unpaired) electrons. The monoisotopic (exact) mass is 383 g/mol. The van der Waals surface area contributed by atoms with E-state index in [9.17, 15) is 8.42 Å². The van der Waals surface area contributed by atoms with Crippen LogP contribution in [0.1, 0.15) is 13.3 Å². The minimum atomic E-state index is -3.55.